The maximum absolute atomic E-state index is 13.5. The summed E-state index contributed by atoms with van der Waals surface area (Å²) in [5.41, 5.74) is 1.69. The molecule has 0 radical (unpaired) electrons. The third-order valence-corrected chi connectivity index (χ3v) is 5.72. The van der Waals surface area contributed by atoms with Gasteiger partial charge in [0.15, 0.2) is 5.69 Å². The van der Waals surface area contributed by atoms with Crippen molar-refractivity contribution in [3.05, 3.63) is 80.2 Å². The minimum absolute atomic E-state index is 0.107. The van der Waals surface area contributed by atoms with Crippen molar-refractivity contribution in [1.82, 2.24) is 9.78 Å². The highest BCUT2D eigenvalue weighted by Crippen LogP contribution is 2.37. The zero-order chi connectivity index (χ0) is 23.9. The molecule has 1 heterocycles. The van der Waals surface area contributed by atoms with Gasteiger partial charge in [-0.25, -0.2) is 4.68 Å². The first kappa shape index (κ1) is 22.5. The van der Waals surface area contributed by atoms with Crippen LogP contribution in [0, 0.1) is 24.0 Å². The number of aryl methyl sites for hydroxylation is 2. The molecule has 0 unspecified atom stereocenters. The van der Waals surface area contributed by atoms with Crippen LogP contribution in [0.5, 0.6) is 0 Å². The van der Waals surface area contributed by atoms with Crippen molar-refractivity contribution in [1.29, 1.82) is 0 Å². The van der Waals surface area contributed by atoms with Gasteiger partial charge in [-0.05, 0) is 74.9 Å². The number of amides is 1. The van der Waals surface area contributed by atoms with Gasteiger partial charge in [-0.2, -0.15) is 18.3 Å². The molecule has 0 aliphatic heterocycles. The van der Waals surface area contributed by atoms with E-state index in [1.807, 2.05) is 0 Å². The Hall–Kier alpha value is -3.69. The van der Waals surface area contributed by atoms with Crippen LogP contribution in [0.15, 0.2) is 36.4 Å². The molecule has 1 aliphatic rings. The van der Waals surface area contributed by atoms with Gasteiger partial charge >= 0.3 is 6.18 Å². The van der Waals surface area contributed by atoms with E-state index in [1.54, 1.807) is 19.9 Å². The van der Waals surface area contributed by atoms with Gasteiger partial charge in [0.05, 0.1) is 10.6 Å². The number of halogens is 3. The number of carbonyl (C=O) groups is 1. The van der Waals surface area contributed by atoms with E-state index >= 15 is 0 Å². The highest BCUT2D eigenvalue weighted by molar-refractivity contribution is 6.06. The molecule has 0 saturated carbocycles. The van der Waals surface area contributed by atoms with E-state index < -0.39 is 22.7 Å². The van der Waals surface area contributed by atoms with Crippen LogP contribution in [-0.2, 0) is 19.0 Å². The molecule has 1 amide bonds. The smallest absolute Gasteiger partial charge is 0.316 e. The Kier molecular flexibility index (Phi) is 5.69. The molecule has 0 fully saturated rings. The standard InChI is InChI=1S/C23H21F3N4O3/c1-13-11-14(2)20(19(12-13)30(32)33)27-22(31)15-7-9-16(10-8-15)29-18-6-4-3-5-17(18)21(28-29)23(24,25)26/h7-12H,3-6H2,1-2H3,(H,27,31). The molecule has 0 saturated heterocycles. The predicted molar refractivity (Wildman–Crippen MR) is 116 cm³/mol. The molecule has 1 aromatic heterocycles. The predicted octanol–water partition coefficient (Wildman–Crippen LogP) is 5.55. The lowest BCUT2D eigenvalue weighted by Crippen LogP contribution is -2.14. The van der Waals surface area contributed by atoms with Crippen LogP contribution < -0.4 is 5.32 Å². The molecule has 172 valence electrons. The first-order valence-corrected chi connectivity index (χ1v) is 10.4. The lowest BCUT2D eigenvalue weighted by atomic mass is 9.95. The van der Waals surface area contributed by atoms with E-state index in [0.29, 0.717) is 41.8 Å². The second-order valence-electron chi connectivity index (χ2n) is 8.12. The van der Waals surface area contributed by atoms with Gasteiger partial charge in [0, 0.05) is 22.9 Å². The van der Waals surface area contributed by atoms with Crippen molar-refractivity contribution >= 4 is 17.3 Å². The molecule has 10 heteroatoms. The number of carbonyl (C=O) groups excluding carboxylic acids is 1. The molecule has 1 N–H and O–H groups in total. The first-order valence-electron chi connectivity index (χ1n) is 10.4. The fourth-order valence-electron chi connectivity index (χ4n) is 4.23. The third-order valence-electron chi connectivity index (χ3n) is 5.72. The van der Waals surface area contributed by atoms with E-state index in [4.69, 9.17) is 0 Å². The normalized spacial score (nSPS) is 13.5. The number of nitrogens with zero attached hydrogens (tertiary/aromatic N) is 3. The fraction of sp³-hybridized carbons (Fsp3) is 0.304. The summed E-state index contributed by atoms with van der Waals surface area (Å²) in [7, 11) is 0. The number of benzene rings is 2. The molecule has 7 nitrogen and oxygen atoms in total. The Balaban J connectivity index is 1.64. The summed E-state index contributed by atoms with van der Waals surface area (Å²) in [6, 6.07) is 9.07. The van der Waals surface area contributed by atoms with Crippen LogP contribution in [0.1, 0.15) is 51.3 Å². The molecule has 4 rings (SSSR count). The minimum Gasteiger partial charge on any atom is -0.316 e. The van der Waals surface area contributed by atoms with Crippen molar-refractivity contribution in [3.63, 3.8) is 0 Å². The summed E-state index contributed by atoms with van der Waals surface area (Å²) >= 11 is 0. The van der Waals surface area contributed by atoms with Crippen LogP contribution >= 0.6 is 0 Å². The molecular weight excluding hydrogens is 437 g/mol. The molecule has 33 heavy (non-hydrogen) atoms. The Morgan fingerprint density at radius 1 is 1.12 bits per heavy atom. The second kappa shape index (κ2) is 8.34. The molecular formula is C23H21F3N4O3. The highest BCUT2D eigenvalue weighted by atomic mass is 19.4. The fourth-order valence-corrected chi connectivity index (χ4v) is 4.23. The third kappa shape index (κ3) is 4.33. The summed E-state index contributed by atoms with van der Waals surface area (Å²) in [5, 5.41) is 17.8. The van der Waals surface area contributed by atoms with Gasteiger partial charge in [0.25, 0.3) is 11.6 Å². The highest BCUT2D eigenvalue weighted by Gasteiger charge is 2.39. The van der Waals surface area contributed by atoms with Crippen molar-refractivity contribution in [2.45, 2.75) is 45.7 Å². The quantitative estimate of drug-likeness (QED) is 0.410. The van der Waals surface area contributed by atoms with Crippen LogP contribution in [0.4, 0.5) is 24.5 Å². The average Bonchev–Trinajstić information content (AvgIpc) is 3.15. The lowest BCUT2D eigenvalue weighted by Gasteiger charge is -2.15. The zero-order valence-electron chi connectivity index (χ0n) is 18.0. The van der Waals surface area contributed by atoms with E-state index in [2.05, 4.69) is 10.4 Å². The van der Waals surface area contributed by atoms with Crippen LogP contribution in [0.2, 0.25) is 0 Å². The Bertz CT molecular complexity index is 1250. The molecule has 1 aliphatic carbocycles. The Morgan fingerprint density at radius 3 is 2.42 bits per heavy atom. The number of rotatable bonds is 4. The number of nitro benzene ring substituents is 1. The molecule has 0 spiro atoms. The lowest BCUT2D eigenvalue weighted by molar-refractivity contribution is -0.384. The summed E-state index contributed by atoms with van der Waals surface area (Å²) in [6.45, 7) is 3.39. The Labute approximate surface area is 187 Å². The SMILES string of the molecule is Cc1cc(C)c(NC(=O)c2ccc(-n3nc(C(F)(F)F)c4c3CCCC4)cc2)c([N+](=O)[O-])c1. The number of nitro groups is 1. The van der Waals surface area contributed by atoms with Crippen LogP contribution in [0.3, 0.4) is 0 Å². The molecule has 3 aromatic rings. The number of hydrogen-bond donors (Lipinski definition) is 1. The van der Waals surface area contributed by atoms with Gasteiger partial charge in [-0.3, -0.25) is 14.9 Å². The molecule has 2 aromatic carbocycles. The summed E-state index contributed by atoms with van der Waals surface area (Å²) < 4.78 is 41.7. The summed E-state index contributed by atoms with van der Waals surface area (Å²) in [4.78, 5) is 23.6. The van der Waals surface area contributed by atoms with Gasteiger partial charge in [0.2, 0.25) is 0 Å². The van der Waals surface area contributed by atoms with E-state index in [0.717, 1.165) is 6.42 Å². The second-order valence-corrected chi connectivity index (χ2v) is 8.12. The maximum Gasteiger partial charge on any atom is 0.435 e. The van der Waals surface area contributed by atoms with Gasteiger partial charge in [0.1, 0.15) is 5.69 Å². The van der Waals surface area contributed by atoms with Crippen molar-refractivity contribution in [2.75, 3.05) is 5.32 Å². The van der Waals surface area contributed by atoms with Crippen LogP contribution in [0.25, 0.3) is 5.69 Å². The number of alkyl halides is 3. The maximum atomic E-state index is 13.5. The number of nitrogens with one attached hydrogen (secondary N) is 1. The van der Waals surface area contributed by atoms with Crippen molar-refractivity contribution in [3.8, 4) is 5.69 Å². The molecule has 0 bridgehead atoms. The van der Waals surface area contributed by atoms with Crippen molar-refractivity contribution < 1.29 is 22.9 Å². The van der Waals surface area contributed by atoms with E-state index in [-0.39, 0.29) is 22.5 Å². The minimum atomic E-state index is -4.53. The van der Waals surface area contributed by atoms with Gasteiger partial charge < -0.3 is 5.32 Å². The molecule has 0 atom stereocenters. The average molecular weight is 458 g/mol. The largest absolute Gasteiger partial charge is 0.435 e. The number of fused-ring (bicyclic) bond motifs is 1. The summed E-state index contributed by atoms with van der Waals surface area (Å²) in [5.74, 6) is -0.560. The summed E-state index contributed by atoms with van der Waals surface area (Å²) in [6.07, 6.45) is -2.24. The number of aromatic nitrogens is 2. The van der Waals surface area contributed by atoms with E-state index in [9.17, 15) is 28.1 Å². The monoisotopic (exact) mass is 458 g/mol. The topological polar surface area (TPSA) is 90.1 Å². The Morgan fingerprint density at radius 2 is 1.79 bits per heavy atom. The van der Waals surface area contributed by atoms with Gasteiger partial charge in [-0.15, -0.1) is 0 Å². The number of hydrogen-bond acceptors (Lipinski definition) is 4. The van der Waals surface area contributed by atoms with E-state index in [1.165, 1.54) is 35.0 Å². The number of anilines is 1. The van der Waals surface area contributed by atoms with Gasteiger partial charge in [-0.1, -0.05) is 6.07 Å². The van der Waals surface area contributed by atoms with Crippen molar-refractivity contribution in [2.24, 2.45) is 0 Å². The first-order chi connectivity index (χ1) is 15.6. The van der Waals surface area contributed by atoms with Crippen LogP contribution in [-0.4, -0.2) is 20.6 Å². The zero-order valence-corrected chi connectivity index (χ0v) is 18.0.